The highest BCUT2D eigenvalue weighted by Gasteiger charge is 2.22. The fraction of sp³-hybridized carbons (Fsp3) is 0.200. The number of hydrogen-bond acceptors (Lipinski definition) is 8. The maximum atomic E-state index is 12.9. The summed E-state index contributed by atoms with van der Waals surface area (Å²) in [5, 5.41) is 0. The van der Waals surface area contributed by atoms with Crippen LogP contribution in [0.3, 0.4) is 0 Å². The van der Waals surface area contributed by atoms with Gasteiger partial charge in [0.2, 0.25) is 5.78 Å². The Kier molecular flexibility index (Phi) is 6.92. The molecule has 1 aliphatic rings. The molecule has 0 fully saturated rings. The topological polar surface area (TPSA) is 117 Å². The molecule has 0 amide bonds. The van der Waals surface area contributed by atoms with Crippen molar-refractivity contribution >= 4 is 27.5 Å². The van der Waals surface area contributed by atoms with Crippen molar-refractivity contribution in [1.82, 2.24) is 0 Å². The number of anilines is 1. The normalized spacial score (nSPS) is 13.4. The molecular formula is C25H23NO8S. The summed E-state index contributed by atoms with van der Waals surface area (Å²) in [6.45, 7) is 2.19. The Bertz CT molecular complexity index is 1350. The molecule has 0 bridgehead atoms. The van der Waals surface area contributed by atoms with E-state index in [9.17, 15) is 18.0 Å². The lowest BCUT2D eigenvalue weighted by Crippen LogP contribution is -2.24. The molecule has 0 radical (unpaired) electrons. The molecule has 4 rings (SSSR count). The third-order valence-electron chi connectivity index (χ3n) is 5.20. The van der Waals surface area contributed by atoms with Gasteiger partial charge in [-0.1, -0.05) is 6.07 Å². The molecule has 0 aliphatic carbocycles. The van der Waals surface area contributed by atoms with Crippen LogP contribution < -0.4 is 18.9 Å². The zero-order valence-corrected chi connectivity index (χ0v) is 19.8. The zero-order valence-electron chi connectivity index (χ0n) is 19.0. The van der Waals surface area contributed by atoms with Crippen LogP contribution in [0.25, 0.3) is 0 Å². The fourth-order valence-electron chi connectivity index (χ4n) is 3.39. The molecular weight excluding hydrogens is 474 g/mol. The van der Waals surface area contributed by atoms with Gasteiger partial charge in [-0.25, -0.2) is 13.2 Å². The van der Waals surface area contributed by atoms with E-state index >= 15 is 0 Å². The van der Waals surface area contributed by atoms with Gasteiger partial charge in [0.25, 0.3) is 10.0 Å². The SMILES string of the molecule is COc1ccc(C(=O)C(C)OC(=O)c2cccc(NS(=O)(=O)c3ccc4c(c3)OCCO4)c2)cc1. The van der Waals surface area contributed by atoms with E-state index in [0.717, 1.165) is 0 Å². The minimum absolute atomic E-state index is 0.0200. The number of methoxy groups -OCH3 is 1. The minimum atomic E-state index is -3.97. The van der Waals surface area contributed by atoms with E-state index in [4.69, 9.17) is 18.9 Å². The summed E-state index contributed by atoms with van der Waals surface area (Å²) in [5.74, 6) is 0.267. The highest BCUT2D eigenvalue weighted by atomic mass is 32.2. The van der Waals surface area contributed by atoms with Crippen molar-refractivity contribution in [3.63, 3.8) is 0 Å². The second-order valence-corrected chi connectivity index (χ2v) is 9.31. The number of fused-ring (bicyclic) bond motifs is 1. The van der Waals surface area contributed by atoms with Crippen LogP contribution in [0.2, 0.25) is 0 Å². The molecule has 0 aromatic heterocycles. The van der Waals surface area contributed by atoms with E-state index in [1.54, 1.807) is 24.3 Å². The number of hydrogen-bond donors (Lipinski definition) is 1. The van der Waals surface area contributed by atoms with Gasteiger partial charge in [0, 0.05) is 17.3 Å². The van der Waals surface area contributed by atoms with Crippen molar-refractivity contribution in [2.45, 2.75) is 17.9 Å². The summed E-state index contributed by atoms with van der Waals surface area (Å²) < 4.78 is 49.4. The van der Waals surface area contributed by atoms with Crippen LogP contribution in [0.4, 0.5) is 5.69 Å². The highest BCUT2D eigenvalue weighted by Crippen LogP contribution is 2.32. The first kappa shape index (κ1) is 24.1. The van der Waals surface area contributed by atoms with Gasteiger partial charge in [-0.05, 0) is 61.5 Å². The summed E-state index contributed by atoms with van der Waals surface area (Å²) in [5.41, 5.74) is 0.609. The summed E-state index contributed by atoms with van der Waals surface area (Å²) in [7, 11) is -2.45. The van der Waals surface area contributed by atoms with E-state index in [-0.39, 0.29) is 21.9 Å². The average Bonchev–Trinajstić information content (AvgIpc) is 2.87. The predicted octanol–water partition coefficient (Wildman–Crippen LogP) is 3.70. The Morgan fingerprint density at radius 2 is 1.63 bits per heavy atom. The second kappa shape index (κ2) is 10.1. The number of Topliss-reactive ketones (excluding diaryl/α,β-unsaturated/α-hetero) is 1. The molecule has 1 N–H and O–H groups in total. The molecule has 35 heavy (non-hydrogen) atoms. The molecule has 0 saturated heterocycles. The standard InChI is InChI=1S/C25H23NO8S/c1-16(24(27)17-6-8-20(31-2)9-7-17)34-25(28)18-4-3-5-19(14-18)26-35(29,30)21-10-11-22-23(15-21)33-13-12-32-22/h3-11,14-16,26H,12-13H2,1-2H3. The van der Waals surface area contributed by atoms with Gasteiger partial charge in [-0.2, -0.15) is 0 Å². The van der Waals surface area contributed by atoms with Crippen LogP contribution in [-0.4, -0.2) is 46.6 Å². The molecule has 1 heterocycles. The van der Waals surface area contributed by atoms with Gasteiger partial charge >= 0.3 is 5.97 Å². The first-order valence-electron chi connectivity index (χ1n) is 10.7. The van der Waals surface area contributed by atoms with Crippen molar-refractivity contribution in [2.24, 2.45) is 0 Å². The highest BCUT2D eigenvalue weighted by molar-refractivity contribution is 7.92. The van der Waals surface area contributed by atoms with Crippen LogP contribution in [0.5, 0.6) is 17.2 Å². The van der Waals surface area contributed by atoms with E-state index in [2.05, 4.69) is 4.72 Å². The maximum Gasteiger partial charge on any atom is 0.338 e. The largest absolute Gasteiger partial charge is 0.497 e. The lowest BCUT2D eigenvalue weighted by atomic mass is 10.1. The van der Waals surface area contributed by atoms with Crippen molar-refractivity contribution in [3.8, 4) is 17.2 Å². The molecule has 1 aliphatic heterocycles. The monoisotopic (exact) mass is 497 g/mol. The van der Waals surface area contributed by atoms with E-state index in [1.165, 1.54) is 56.5 Å². The van der Waals surface area contributed by atoms with Crippen LogP contribution in [-0.2, 0) is 14.8 Å². The fourth-order valence-corrected chi connectivity index (χ4v) is 4.45. The Balaban J connectivity index is 1.45. The Hall–Kier alpha value is -4.05. The molecule has 0 saturated carbocycles. The smallest absolute Gasteiger partial charge is 0.338 e. The van der Waals surface area contributed by atoms with E-state index in [0.29, 0.717) is 36.0 Å². The van der Waals surface area contributed by atoms with Crippen molar-refractivity contribution in [3.05, 3.63) is 77.9 Å². The first-order valence-corrected chi connectivity index (χ1v) is 12.2. The lowest BCUT2D eigenvalue weighted by Gasteiger charge is -2.19. The van der Waals surface area contributed by atoms with Gasteiger partial charge in [0.15, 0.2) is 17.6 Å². The number of sulfonamides is 1. The van der Waals surface area contributed by atoms with Gasteiger partial charge < -0.3 is 18.9 Å². The molecule has 3 aromatic rings. The lowest BCUT2D eigenvalue weighted by molar-refractivity contribution is 0.0319. The van der Waals surface area contributed by atoms with Gasteiger partial charge in [-0.3, -0.25) is 9.52 Å². The Morgan fingerprint density at radius 3 is 2.34 bits per heavy atom. The second-order valence-electron chi connectivity index (χ2n) is 7.63. The van der Waals surface area contributed by atoms with Crippen LogP contribution in [0, 0.1) is 0 Å². The molecule has 10 heteroatoms. The molecule has 182 valence electrons. The van der Waals surface area contributed by atoms with Gasteiger partial charge in [-0.15, -0.1) is 0 Å². The number of carbonyl (C=O) groups is 2. The predicted molar refractivity (Wildman–Crippen MR) is 127 cm³/mol. The third kappa shape index (κ3) is 5.55. The quantitative estimate of drug-likeness (QED) is 0.370. The average molecular weight is 498 g/mol. The molecule has 0 spiro atoms. The van der Waals surface area contributed by atoms with Crippen LogP contribution >= 0.6 is 0 Å². The number of benzene rings is 3. The number of nitrogens with one attached hydrogen (secondary N) is 1. The van der Waals surface area contributed by atoms with E-state index in [1.807, 2.05) is 0 Å². The van der Waals surface area contributed by atoms with E-state index < -0.39 is 22.1 Å². The number of ether oxygens (including phenoxy) is 4. The molecule has 1 atom stereocenters. The zero-order chi connectivity index (χ0) is 25.0. The summed E-state index contributed by atoms with van der Waals surface area (Å²) >= 11 is 0. The molecule has 3 aromatic carbocycles. The van der Waals surface area contributed by atoms with Crippen LogP contribution in [0.15, 0.2) is 71.6 Å². The first-order chi connectivity index (χ1) is 16.8. The number of esters is 1. The summed E-state index contributed by atoms with van der Waals surface area (Å²) in [6.07, 6.45) is -1.05. The number of ketones is 1. The van der Waals surface area contributed by atoms with Crippen molar-refractivity contribution in [2.75, 3.05) is 25.0 Å². The molecule has 1 unspecified atom stereocenters. The number of carbonyl (C=O) groups excluding carboxylic acids is 2. The van der Waals surface area contributed by atoms with Crippen LogP contribution in [0.1, 0.15) is 27.6 Å². The van der Waals surface area contributed by atoms with Crippen molar-refractivity contribution < 1.29 is 37.0 Å². The Labute approximate surface area is 202 Å². The summed E-state index contributed by atoms with van der Waals surface area (Å²) in [4.78, 5) is 25.2. The summed E-state index contributed by atoms with van der Waals surface area (Å²) in [6, 6.07) is 16.6. The third-order valence-corrected chi connectivity index (χ3v) is 6.58. The minimum Gasteiger partial charge on any atom is -0.497 e. The van der Waals surface area contributed by atoms with Gasteiger partial charge in [0.05, 0.1) is 17.6 Å². The Morgan fingerprint density at radius 1 is 0.914 bits per heavy atom. The maximum absolute atomic E-state index is 12.9. The number of rotatable bonds is 8. The van der Waals surface area contributed by atoms with Crippen molar-refractivity contribution in [1.29, 1.82) is 0 Å². The molecule has 9 nitrogen and oxygen atoms in total. The van der Waals surface area contributed by atoms with Gasteiger partial charge in [0.1, 0.15) is 19.0 Å².